The van der Waals surface area contributed by atoms with Crippen molar-refractivity contribution >= 4 is 34.2 Å². The summed E-state index contributed by atoms with van der Waals surface area (Å²) in [5, 5.41) is 14.2. The minimum absolute atomic E-state index is 0.117. The number of ether oxygens (including phenoxy) is 1. The van der Waals surface area contributed by atoms with Gasteiger partial charge in [0.05, 0.1) is 33.5 Å². The van der Waals surface area contributed by atoms with E-state index in [1.54, 1.807) is 42.5 Å². The number of nitro groups is 1. The number of nitrogens with zero attached hydrogens (tertiary/aromatic N) is 2. The number of anilines is 1. The Kier molecular flexibility index (Phi) is 5.63. The van der Waals surface area contributed by atoms with Gasteiger partial charge >= 0.3 is 5.97 Å². The zero-order chi connectivity index (χ0) is 22.7. The fraction of sp³-hybridized carbons (Fsp3) is 0.0870. The number of hydrogen-bond acceptors (Lipinski definition) is 7. The number of aromatic nitrogens is 1. The van der Waals surface area contributed by atoms with Crippen LogP contribution in [-0.4, -0.2) is 28.4 Å². The predicted octanol–water partition coefficient (Wildman–Crippen LogP) is 4.51. The SMILES string of the molecule is Cc1c(NC(=O)COC(=O)c2cc(-c3ccco3)nc3ccccc23)cccc1[N+](=O)[O-]. The van der Waals surface area contributed by atoms with Crippen LogP contribution < -0.4 is 5.32 Å². The highest BCUT2D eigenvalue weighted by molar-refractivity contribution is 6.05. The van der Waals surface area contributed by atoms with Crippen LogP contribution in [-0.2, 0) is 9.53 Å². The van der Waals surface area contributed by atoms with Crippen LogP contribution in [0.25, 0.3) is 22.4 Å². The fourth-order valence-electron chi connectivity index (χ4n) is 3.25. The first-order valence-electron chi connectivity index (χ1n) is 9.58. The zero-order valence-electron chi connectivity index (χ0n) is 16.9. The molecular formula is C23H17N3O6. The van der Waals surface area contributed by atoms with Crippen molar-refractivity contribution in [1.82, 2.24) is 4.98 Å². The lowest BCUT2D eigenvalue weighted by Gasteiger charge is -2.11. The van der Waals surface area contributed by atoms with Crippen LogP contribution >= 0.6 is 0 Å². The second kappa shape index (κ2) is 8.68. The standard InChI is InChI=1S/C23H17N3O6/c1-14-17(8-4-9-20(14)26(29)30)25-22(27)13-32-23(28)16-12-19(21-10-5-11-31-21)24-18-7-3-2-6-15(16)18/h2-12H,13H2,1H3,(H,25,27). The normalized spacial score (nSPS) is 10.7. The number of para-hydroxylation sites is 1. The number of nitrogens with one attached hydrogen (secondary N) is 1. The van der Waals surface area contributed by atoms with Gasteiger partial charge in [-0.15, -0.1) is 0 Å². The van der Waals surface area contributed by atoms with Crippen molar-refractivity contribution < 1.29 is 23.7 Å². The van der Waals surface area contributed by atoms with Gasteiger partial charge in [-0.2, -0.15) is 0 Å². The second-order valence-corrected chi connectivity index (χ2v) is 6.88. The summed E-state index contributed by atoms with van der Waals surface area (Å²) < 4.78 is 10.6. The summed E-state index contributed by atoms with van der Waals surface area (Å²) in [5.41, 5.74) is 1.73. The van der Waals surface area contributed by atoms with Crippen molar-refractivity contribution in [2.24, 2.45) is 0 Å². The molecule has 0 unspecified atom stereocenters. The highest BCUT2D eigenvalue weighted by Crippen LogP contribution is 2.26. The predicted molar refractivity (Wildman–Crippen MR) is 116 cm³/mol. The summed E-state index contributed by atoms with van der Waals surface area (Å²) in [7, 11) is 0. The molecule has 0 aliphatic rings. The molecule has 0 saturated heterocycles. The van der Waals surface area contributed by atoms with E-state index in [4.69, 9.17) is 9.15 Å². The number of benzene rings is 2. The molecule has 0 spiro atoms. The quantitative estimate of drug-likeness (QED) is 0.271. The molecule has 9 nitrogen and oxygen atoms in total. The zero-order valence-corrected chi connectivity index (χ0v) is 16.9. The summed E-state index contributed by atoms with van der Waals surface area (Å²) in [6, 6.07) is 16.4. The molecule has 2 heterocycles. The molecule has 0 aliphatic carbocycles. The van der Waals surface area contributed by atoms with E-state index in [0.29, 0.717) is 27.9 Å². The molecule has 0 atom stereocenters. The molecule has 0 fully saturated rings. The fourth-order valence-corrected chi connectivity index (χ4v) is 3.25. The van der Waals surface area contributed by atoms with E-state index < -0.39 is 23.4 Å². The first-order valence-corrected chi connectivity index (χ1v) is 9.58. The van der Waals surface area contributed by atoms with E-state index in [9.17, 15) is 19.7 Å². The molecule has 1 N–H and O–H groups in total. The van der Waals surface area contributed by atoms with Crippen molar-refractivity contribution in [2.75, 3.05) is 11.9 Å². The van der Waals surface area contributed by atoms with Gasteiger partial charge in [0.25, 0.3) is 11.6 Å². The number of pyridine rings is 1. The third kappa shape index (κ3) is 4.17. The topological polar surface area (TPSA) is 125 Å². The average Bonchev–Trinajstić information content (AvgIpc) is 3.33. The van der Waals surface area contributed by atoms with Crippen molar-refractivity contribution in [1.29, 1.82) is 0 Å². The minimum atomic E-state index is -0.706. The van der Waals surface area contributed by atoms with Gasteiger partial charge in [-0.3, -0.25) is 14.9 Å². The number of carbonyl (C=O) groups is 2. The first kappa shape index (κ1) is 20.7. The van der Waals surface area contributed by atoms with Gasteiger partial charge in [0.1, 0.15) is 5.69 Å². The third-order valence-corrected chi connectivity index (χ3v) is 4.82. The Morgan fingerprint density at radius 3 is 2.69 bits per heavy atom. The molecule has 32 heavy (non-hydrogen) atoms. The second-order valence-electron chi connectivity index (χ2n) is 6.88. The number of nitro benzene ring substituents is 1. The van der Waals surface area contributed by atoms with Crippen molar-refractivity contribution in [3.05, 3.63) is 88.2 Å². The Balaban J connectivity index is 1.53. The smallest absolute Gasteiger partial charge is 0.339 e. The Bertz CT molecular complexity index is 1330. The molecule has 9 heteroatoms. The average molecular weight is 431 g/mol. The molecule has 0 aliphatic heterocycles. The molecule has 160 valence electrons. The van der Waals surface area contributed by atoms with Gasteiger partial charge in [0.15, 0.2) is 12.4 Å². The summed E-state index contributed by atoms with van der Waals surface area (Å²) in [6.07, 6.45) is 1.50. The lowest BCUT2D eigenvalue weighted by atomic mass is 10.1. The van der Waals surface area contributed by atoms with Crippen LogP contribution in [0.2, 0.25) is 0 Å². The van der Waals surface area contributed by atoms with Crippen LogP contribution in [0.4, 0.5) is 11.4 Å². The molecule has 2 aromatic heterocycles. The van der Waals surface area contributed by atoms with Gasteiger partial charge < -0.3 is 14.5 Å². The van der Waals surface area contributed by atoms with Crippen LogP contribution in [0.3, 0.4) is 0 Å². The highest BCUT2D eigenvalue weighted by atomic mass is 16.6. The van der Waals surface area contributed by atoms with E-state index in [2.05, 4.69) is 10.3 Å². The number of furan rings is 1. The molecule has 1 amide bonds. The van der Waals surface area contributed by atoms with Crippen molar-refractivity contribution in [3.63, 3.8) is 0 Å². The monoisotopic (exact) mass is 431 g/mol. The maximum absolute atomic E-state index is 12.8. The van der Waals surface area contributed by atoms with E-state index >= 15 is 0 Å². The summed E-state index contributed by atoms with van der Waals surface area (Å²) >= 11 is 0. The molecule has 2 aromatic carbocycles. The summed E-state index contributed by atoms with van der Waals surface area (Å²) in [5.74, 6) is -0.836. The Hall–Kier alpha value is -4.53. The Morgan fingerprint density at radius 2 is 1.94 bits per heavy atom. The van der Waals surface area contributed by atoms with Gasteiger partial charge in [-0.25, -0.2) is 9.78 Å². The van der Waals surface area contributed by atoms with E-state index in [-0.39, 0.29) is 16.9 Å². The van der Waals surface area contributed by atoms with Crippen molar-refractivity contribution in [2.45, 2.75) is 6.92 Å². The van der Waals surface area contributed by atoms with Crippen LogP contribution in [0.15, 0.2) is 71.3 Å². The van der Waals surface area contributed by atoms with E-state index in [0.717, 1.165) is 0 Å². The molecule has 0 radical (unpaired) electrons. The summed E-state index contributed by atoms with van der Waals surface area (Å²) in [4.78, 5) is 40.2. The molecule has 0 saturated carbocycles. The lowest BCUT2D eigenvalue weighted by Crippen LogP contribution is -2.21. The maximum atomic E-state index is 12.8. The van der Waals surface area contributed by atoms with E-state index in [1.807, 2.05) is 0 Å². The highest BCUT2D eigenvalue weighted by Gasteiger charge is 2.19. The number of carbonyl (C=O) groups excluding carboxylic acids is 2. The molecule has 4 rings (SSSR count). The third-order valence-electron chi connectivity index (χ3n) is 4.82. The number of rotatable bonds is 6. The van der Waals surface area contributed by atoms with Crippen LogP contribution in [0.5, 0.6) is 0 Å². The van der Waals surface area contributed by atoms with Crippen LogP contribution in [0.1, 0.15) is 15.9 Å². The number of fused-ring (bicyclic) bond motifs is 1. The molecule has 0 bridgehead atoms. The molecule has 4 aromatic rings. The number of hydrogen-bond donors (Lipinski definition) is 1. The van der Waals surface area contributed by atoms with Gasteiger partial charge in [-0.1, -0.05) is 24.3 Å². The minimum Gasteiger partial charge on any atom is -0.463 e. The van der Waals surface area contributed by atoms with Gasteiger partial charge in [0, 0.05) is 11.5 Å². The van der Waals surface area contributed by atoms with Gasteiger partial charge in [-0.05, 0) is 37.3 Å². The van der Waals surface area contributed by atoms with Crippen LogP contribution in [0, 0.1) is 17.0 Å². The Morgan fingerprint density at radius 1 is 1.12 bits per heavy atom. The number of esters is 1. The largest absolute Gasteiger partial charge is 0.463 e. The Labute approximate surface area is 181 Å². The molecular weight excluding hydrogens is 414 g/mol. The summed E-state index contributed by atoms with van der Waals surface area (Å²) in [6.45, 7) is 0.965. The number of amides is 1. The lowest BCUT2D eigenvalue weighted by molar-refractivity contribution is -0.385. The van der Waals surface area contributed by atoms with E-state index in [1.165, 1.54) is 31.4 Å². The van der Waals surface area contributed by atoms with Crippen molar-refractivity contribution in [3.8, 4) is 11.5 Å². The first-order chi connectivity index (χ1) is 15.4. The van der Waals surface area contributed by atoms with Gasteiger partial charge in [0.2, 0.25) is 0 Å². The maximum Gasteiger partial charge on any atom is 0.339 e.